The summed E-state index contributed by atoms with van der Waals surface area (Å²) in [6, 6.07) is -1.16. The lowest BCUT2D eigenvalue weighted by molar-refractivity contribution is -0.140. The van der Waals surface area contributed by atoms with E-state index in [0.717, 1.165) is 0 Å². The lowest BCUT2D eigenvalue weighted by atomic mass is 10.2. The van der Waals surface area contributed by atoms with Crippen molar-refractivity contribution in [1.82, 2.24) is 10.8 Å². The topological polar surface area (TPSA) is 178 Å². The minimum absolute atomic E-state index is 0.0460. The quantitative estimate of drug-likeness (QED) is 0.0860. The molecule has 17 heavy (non-hydrogen) atoms. The normalized spacial score (nSPS) is 13.1. The monoisotopic (exact) mass is 270 g/mol. The van der Waals surface area contributed by atoms with Crippen molar-refractivity contribution in [3.63, 3.8) is 0 Å². The smallest absolute Gasteiger partial charge is 0.339 e. The largest absolute Gasteiger partial charge is 0.480 e. The van der Waals surface area contributed by atoms with Gasteiger partial charge in [-0.3, -0.25) is 24.9 Å². The van der Waals surface area contributed by atoms with Crippen LogP contribution in [0.15, 0.2) is 0 Å². The maximum absolute atomic E-state index is 10.7. The standard InChI is InChI=1S/C6H15N4O6P/c7-6(8)10-16-2-1-4(5(11)12)9-3-17(13,14)15/h4,9H,1-3H2,(H,11,12)(H4,7,8,10)(H2,13,14,15)/t4-/m0/s1. The number of nitrogens with one attached hydrogen (secondary N) is 3. The predicted molar refractivity (Wildman–Crippen MR) is 57.1 cm³/mol. The van der Waals surface area contributed by atoms with Gasteiger partial charge in [-0.15, -0.1) is 0 Å². The Morgan fingerprint density at radius 1 is 1.53 bits per heavy atom. The van der Waals surface area contributed by atoms with Gasteiger partial charge in [0.25, 0.3) is 0 Å². The van der Waals surface area contributed by atoms with Crippen LogP contribution < -0.4 is 16.5 Å². The highest BCUT2D eigenvalue weighted by molar-refractivity contribution is 7.51. The summed E-state index contributed by atoms with van der Waals surface area (Å²) in [4.78, 5) is 32.4. The molecule has 0 spiro atoms. The molecule has 0 saturated carbocycles. The van der Waals surface area contributed by atoms with Gasteiger partial charge >= 0.3 is 13.6 Å². The first-order valence-electron chi connectivity index (χ1n) is 4.45. The second-order valence-electron chi connectivity index (χ2n) is 3.07. The van der Waals surface area contributed by atoms with Crippen molar-refractivity contribution in [3.8, 4) is 0 Å². The van der Waals surface area contributed by atoms with Gasteiger partial charge in [-0.25, -0.2) is 5.48 Å². The molecule has 0 aromatic heterocycles. The number of nitrogens with two attached hydrogens (primary N) is 1. The number of hydrogen-bond acceptors (Lipinski definition) is 5. The molecule has 11 heteroatoms. The molecule has 0 bridgehead atoms. The van der Waals surface area contributed by atoms with E-state index in [4.69, 9.17) is 26.0 Å². The molecule has 0 aromatic carbocycles. The first-order chi connectivity index (χ1) is 7.72. The third-order valence-corrected chi connectivity index (χ3v) is 2.13. The molecule has 1 atom stereocenters. The summed E-state index contributed by atoms with van der Waals surface area (Å²) < 4.78 is 10.5. The number of guanidine groups is 1. The van der Waals surface area contributed by atoms with Crippen LogP contribution in [0, 0.1) is 5.41 Å². The van der Waals surface area contributed by atoms with E-state index < -0.39 is 31.9 Å². The fraction of sp³-hybridized carbons (Fsp3) is 0.667. The fourth-order valence-electron chi connectivity index (χ4n) is 0.848. The molecule has 0 fully saturated rings. The fourth-order valence-corrected chi connectivity index (χ4v) is 1.31. The second-order valence-corrected chi connectivity index (χ2v) is 4.72. The van der Waals surface area contributed by atoms with Crippen LogP contribution in [0.5, 0.6) is 0 Å². The summed E-state index contributed by atoms with van der Waals surface area (Å²) in [5, 5.41) is 17.6. The summed E-state index contributed by atoms with van der Waals surface area (Å²) in [7, 11) is -4.30. The Morgan fingerprint density at radius 3 is 2.53 bits per heavy atom. The van der Waals surface area contributed by atoms with Gasteiger partial charge < -0.3 is 20.6 Å². The Kier molecular flexibility index (Phi) is 6.69. The van der Waals surface area contributed by atoms with Crippen LogP contribution in [-0.4, -0.2) is 45.8 Å². The van der Waals surface area contributed by atoms with Crippen LogP contribution in [0.25, 0.3) is 0 Å². The number of carboxylic acid groups (broad SMARTS) is 1. The molecule has 0 aliphatic rings. The van der Waals surface area contributed by atoms with Gasteiger partial charge in [-0.05, 0) is 6.42 Å². The van der Waals surface area contributed by atoms with Crippen LogP contribution >= 0.6 is 7.60 Å². The third kappa shape index (κ3) is 9.72. The molecule has 0 unspecified atom stereocenters. The predicted octanol–water partition coefficient (Wildman–Crippen LogP) is -2.03. The molecular formula is C6H15N4O6P. The van der Waals surface area contributed by atoms with Gasteiger partial charge in [0.15, 0.2) is 0 Å². The molecule has 0 aromatic rings. The van der Waals surface area contributed by atoms with Crippen LogP contribution in [-0.2, 0) is 14.2 Å². The first-order valence-corrected chi connectivity index (χ1v) is 6.24. The van der Waals surface area contributed by atoms with Crippen molar-refractivity contribution in [2.45, 2.75) is 12.5 Å². The number of carbonyl (C=O) groups is 1. The van der Waals surface area contributed by atoms with Crippen LogP contribution in [0.3, 0.4) is 0 Å². The molecule has 0 saturated heterocycles. The van der Waals surface area contributed by atoms with Crippen molar-refractivity contribution in [2.75, 3.05) is 12.9 Å². The number of hydrogen-bond donors (Lipinski definition) is 7. The van der Waals surface area contributed by atoms with Crippen LogP contribution in [0.1, 0.15) is 6.42 Å². The van der Waals surface area contributed by atoms with Crippen molar-refractivity contribution in [2.24, 2.45) is 5.73 Å². The maximum atomic E-state index is 10.7. The van der Waals surface area contributed by atoms with E-state index in [1.165, 1.54) is 0 Å². The van der Waals surface area contributed by atoms with E-state index in [-0.39, 0.29) is 13.0 Å². The average Bonchev–Trinajstić information content (AvgIpc) is 2.13. The number of rotatable bonds is 8. The molecule has 0 rings (SSSR count). The minimum Gasteiger partial charge on any atom is -0.480 e. The molecule has 10 nitrogen and oxygen atoms in total. The van der Waals surface area contributed by atoms with E-state index in [2.05, 4.69) is 10.2 Å². The van der Waals surface area contributed by atoms with E-state index in [0.29, 0.717) is 0 Å². The lowest BCUT2D eigenvalue weighted by Crippen LogP contribution is -2.39. The van der Waals surface area contributed by atoms with Gasteiger partial charge in [-0.2, -0.15) is 0 Å². The maximum Gasteiger partial charge on any atom is 0.339 e. The average molecular weight is 270 g/mol. The molecule has 8 N–H and O–H groups in total. The van der Waals surface area contributed by atoms with Crippen LogP contribution in [0.4, 0.5) is 0 Å². The SMILES string of the molecule is N=C(N)NOCC[C@H](NCP(=O)(O)O)C(=O)O. The summed E-state index contributed by atoms with van der Waals surface area (Å²) in [5.74, 6) is -1.69. The van der Waals surface area contributed by atoms with Crippen molar-refractivity contribution in [3.05, 3.63) is 0 Å². The number of carboxylic acids is 1. The molecular weight excluding hydrogens is 255 g/mol. The highest BCUT2D eigenvalue weighted by atomic mass is 31.2. The van der Waals surface area contributed by atoms with E-state index in [1.807, 2.05) is 5.48 Å². The van der Waals surface area contributed by atoms with E-state index >= 15 is 0 Å². The molecule has 0 amide bonds. The first kappa shape index (κ1) is 15.8. The van der Waals surface area contributed by atoms with Gasteiger partial charge in [-0.1, -0.05) is 0 Å². The molecule has 0 radical (unpaired) electrons. The highest BCUT2D eigenvalue weighted by Gasteiger charge is 2.21. The molecule has 100 valence electrons. The zero-order valence-corrected chi connectivity index (χ0v) is 9.68. The van der Waals surface area contributed by atoms with Gasteiger partial charge in [0.05, 0.1) is 12.9 Å². The van der Waals surface area contributed by atoms with E-state index in [1.54, 1.807) is 0 Å². The minimum atomic E-state index is -4.30. The molecule has 0 aliphatic heterocycles. The zero-order valence-electron chi connectivity index (χ0n) is 8.79. The number of aliphatic carboxylic acids is 1. The van der Waals surface area contributed by atoms with E-state index in [9.17, 15) is 9.36 Å². The zero-order chi connectivity index (χ0) is 13.5. The second kappa shape index (κ2) is 7.20. The number of hydroxylamine groups is 1. The Balaban J connectivity index is 3.96. The third-order valence-electron chi connectivity index (χ3n) is 1.53. The van der Waals surface area contributed by atoms with Gasteiger partial charge in [0.2, 0.25) is 5.96 Å². The Hall–Kier alpha value is -1.19. The summed E-state index contributed by atoms with van der Waals surface area (Å²) in [5.41, 5.74) is 6.90. The Morgan fingerprint density at radius 2 is 2.12 bits per heavy atom. The summed E-state index contributed by atoms with van der Waals surface area (Å²) in [6.07, 6.45) is -0.778. The van der Waals surface area contributed by atoms with Crippen LogP contribution in [0.2, 0.25) is 0 Å². The molecule has 0 aliphatic carbocycles. The Labute approximate surface area is 96.8 Å². The molecule has 0 heterocycles. The summed E-state index contributed by atoms with van der Waals surface area (Å²) >= 11 is 0. The van der Waals surface area contributed by atoms with Crippen molar-refractivity contribution in [1.29, 1.82) is 5.41 Å². The lowest BCUT2D eigenvalue weighted by Gasteiger charge is -2.14. The van der Waals surface area contributed by atoms with Gasteiger partial charge in [0, 0.05) is 0 Å². The Bertz CT molecular complexity index is 318. The highest BCUT2D eigenvalue weighted by Crippen LogP contribution is 2.32. The summed E-state index contributed by atoms with van der Waals surface area (Å²) in [6.45, 7) is -0.0926. The van der Waals surface area contributed by atoms with Crippen molar-refractivity contribution < 1.29 is 29.1 Å². The van der Waals surface area contributed by atoms with Crippen molar-refractivity contribution >= 4 is 19.5 Å². The van der Waals surface area contributed by atoms with Gasteiger partial charge in [0.1, 0.15) is 6.04 Å².